The third kappa shape index (κ3) is 2.43. The molecule has 1 aromatic heterocycles. The molecule has 0 aliphatic carbocycles. The highest BCUT2D eigenvalue weighted by molar-refractivity contribution is 5.18. The van der Waals surface area contributed by atoms with Crippen molar-refractivity contribution in [2.45, 2.75) is 6.04 Å². The third-order valence-corrected chi connectivity index (χ3v) is 2.79. The summed E-state index contributed by atoms with van der Waals surface area (Å²) in [4.78, 5) is 6.59. The monoisotopic (exact) mass is 203 g/mol. The fourth-order valence-corrected chi connectivity index (χ4v) is 2.01. The molecule has 2 rings (SSSR count). The van der Waals surface area contributed by atoms with Crippen LogP contribution < -0.4 is 5.32 Å². The highest BCUT2D eigenvalue weighted by atomic mass is 15.2. The molecular formula is C12H17N3. The Balaban J connectivity index is 2.12. The molecule has 0 radical (unpaired) electrons. The fourth-order valence-electron chi connectivity index (χ4n) is 2.01. The largest absolute Gasteiger partial charge is 0.314 e. The maximum absolute atomic E-state index is 4.16. The Kier molecular flexibility index (Phi) is 3.48. The lowest BCUT2D eigenvalue weighted by atomic mass is 10.1. The summed E-state index contributed by atoms with van der Waals surface area (Å²) in [7, 11) is 0. The molecule has 3 nitrogen and oxygen atoms in total. The summed E-state index contributed by atoms with van der Waals surface area (Å²) < 4.78 is 0. The molecule has 0 aromatic carbocycles. The van der Waals surface area contributed by atoms with E-state index in [9.17, 15) is 0 Å². The molecule has 1 fully saturated rings. The minimum atomic E-state index is 0.306. The molecule has 2 heterocycles. The average molecular weight is 203 g/mol. The van der Waals surface area contributed by atoms with Crippen LogP contribution in [0.1, 0.15) is 11.6 Å². The molecule has 80 valence electrons. The first-order chi connectivity index (χ1) is 7.42. The zero-order valence-electron chi connectivity index (χ0n) is 8.89. The van der Waals surface area contributed by atoms with Crippen molar-refractivity contribution in [3.05, 3.63) is 42.7 Å². The number of hydrogen-bond acceptors (Lipinski definition) is 3. The molecule has 1 saturated heterocycles. The van der Waals surface area contributed by atoms with E-state index in [4.69, 9.17) is 0 Å². The lowest BCUT2D eigenvalue weighted by molar-refractivity contribution is 0.203. The van der Waals surface area contributed by atoms with E-state index in [2.05, 4.69) is 27.8 Å². The van der Waals surface area contributed by atoms with E-state index < -0.39 is 0 Å². The van der Waals surface area contributed by atoms with Gasteiger partial charge in [0, 0.05) is 38.6 Å². The van der Waals surface area contributed by atoms with Crippen LogP contribution in [0.2, 0.25) is 0 Å². The number of nitrogens with zero attached hydrogens (tertiary/aromatic N) is 2. The van der Waals surface area contributed by atoms with Crippen molar-refractivity contribution in [1.29, 1.82) is 0 Å². The van der Waals surface area contributed by atoms with Gasteiger partial charge in [-0.1, -0.05) is 12.1 Å². The van der Waals surface area contributed by atoms with E-state index in [1.165, 1.54) is 5.56 Å². The molecule has 0 bridgehead atoms. The molecule has 3 heteroatoms. The van der Waals surface area contributed by atoms with Crippen LogP contribution in [-0.4, -0.2) is 36.1 Å². The summed E-state index contributed by atoms with van der Waals surface area (Å²) >= 11 is 0. The SMILES string of the molecule is C=C[C@@H](c1cccnc1)N1CCNCC1. The van der Waals surface area contributed by atoms with E-state index in [-0.39, 0.29) is 0 Å². The van der Waals surface area contributed by atoms with Crippen molar-refractivity contribution < 1.29 is 0 Å². The third-order valence-electron chi connectivity index (χ3n) is 2.79. The normalized spacial score (nSPS) is 19.7. The Labute approximate surface area is 90.8 Å². The lowest BCUT2D eigenvalue weighted by Crippen LogP contribution is -2.44. The van der Waals surface area contributed by atoms with Crippen LogP contribution >= 0.6 is 0 Å². The molecule has 1 aromatic rings. The minimum Gasteiger partial charge on any atom is -0.314 e. The Morgan fingerprint density at radius 2 is 2.27 bits per heavy atom. The van der Waals surface area contributed by atoms with Gasteiger partial charge >= 0.3 is 0 Å². The number of piperazine rings is 1. The Morgan fingerprint density at radius 1 is 1.47 bits per heavy atom. The van der Waals surface area contributed by atoms with Crippen molar-refractivity contribution in [3.8, 4) is 0 Å². The van der Waals surface area contributed by atoms with Crippen molar-refractivity contribution in [3.63, 3.8) is 0 Å². The van der Waals surface area contributed by atoms with Crippen molar-refractivity contribution in [1.82, 2.24) is 15.2 Å². The van der Waals surface area contributed by atoms with E-state index in [0.717, 1.165) is 26.2 Å². The number of nitrogens with one attached hydrogen (secondary N) is 1. The Morgan fingerprint density at radius 3 is 2.87 bits per heavy atom. The highest BCUT2D eigenvalue weighted by Gasteiger charge is 2.18. The second-order valence-electron chi connectivity index (χ2n) is 3.75. The molecule has 0 amide bonds. The molecule has 0 spiro atoms. The zero-order chi connectivity index (χ0) is 10.5. The average Bonchev–Trinajstić information content (AvgIpc) is 2.33. The van der Waals surface area contributed by atoms with E-state index in [0.29, 0.717) is 6.04 Å². The van der Waals surface area contributed by atoms with Gasteiger partial charge in [0.25, 0.3) is 0 Å². The van der Waals surface area contributed by atoms with Gasteiger partial charge in [-0.15, -0.1) is 6.58 Å². The van der Waals surface area contributed by atoms with Gasteiger partial charge in [0.15, 0.2) is 0 Å². The zero-order valence-corrected chi connectivity index (χ0v) is 8.89. The first-order valence-corrected chi connectivity index (χ1v) is 5.39. The Bertz CT molecular complexity index is 304. The first-order valence-electron chi connectivity index (χ1n) is 5.39. The van der Waals surface area contributed by atoms with Crippen molar-refractivity contribution >= 4 is 0 Å². The Hall–Kier alpha value is -1.19. The number of hydrogen-bond donors (Lipinski definition) is 1. The van der Waals surface area contributed by atoms with Crippen LogP contribution in [0.5, 0.6) is 0 Å². The number of pyridine rings is 1. The second-order valence-corrected chi connectivity index (χ2v) is 3.75. The number of aromatic nitrogens is 1. The van der Waals surface area contributed by atoms with Crippen LogP contribution in [0.25, 0.3) is 0 Å². The summed E-state index contributed by atoms with van der Waals surface area (Å²) in [5, 5.41) is 3.35. The van der Waals surface area contributed by atoms with E-state index >= 15 is 0 Å². The fraction of sp³-hybridized carbons (Fsp3) is 0.417. The van der Waals surface area contributed by atoms with Crippen LogP contribution in [0, 0.1) is 0 Å². The predicted molar refractivity (Wildman–Crippen MR) is 61.6 cm³/mol. The van der Waals surface area contributed by atoms with Gasteiger partial charge in [-0.2, -0.15) is 0 Å². The van der Waals surface area contributed by atoms with Crippen molar-refractivity contribution in [2.24, 2.45) is 0 Å². The maximum atomic E-state index is 4.16. The van der Waals surface area contributed by atoms with E-state index in [1.54, 1.807) is 6.20 Å². The predicted octanol–water partition coefficient (Wildman–Crippen LogP) is 1.21. The molecule has 1 atom stereocenters. The van der Waals surface area contributed by atoms with Crippen LogP contribution in [0.4, 0.5) is 0 Å². The number of rotatable bonds is 3. The smallest absolute Gasteiger partial charge is 0.0545 e. The minimum absolute atomic E-state index is 0.306. The summed E-state index contributed by atoms with van der Waals surface area (Å²) in [5.74, 6) is 0. The van der Waals surface area contributed by atoms with E-state index in [1.807, 2.05) is 18.3 Å². The molecule has 1 aliphatic heterocycles. The van der Waals surface area contributed by atoms with Crippen LogP contribution in [0.15, 0.2) is 37.2 Å². The molecule has 0 unspecified atom stereocenters. The second kappa shape index (κ2) is 5.05. The lowest BCUT2D eigenvalue weighted by Gasteiger charge is -2.33. The molecular weight excluding hydrogens is 186 g/mol. The van der Waals surface area contributed by atoms with Gasteiger partial charge in [0.1, 0.15) is 0 Å². The van der Waals surface area contributed by atoms with Crippen LogP contribution in [-0.2, 0) is 0 Å². The van der Waals surface area contributed by atoms with Gasteiger partial charge < -0.3 is 5.32 Å². The van der Waals surface area contributed by atoms with Gasteiger partial charge in [0.05, 0.1) is 6.04 Å². The molecule has 1 N–H and O–H groups in total. The van der Waals surface area contributed by atoms with Gasteiger partial charge in [-0.3, -0.25) is 9.88 Å². The topological polar surface area (TPSA) is 28.2 Å². The molecule has 1 aliphatic rings. The molecule has 0 saturated carbocycles. The van der Waals surface area contributed by atoms with Gasteiger partial charge in [-0.05, 0) is 11.6 Å². The molecule has 15 heavy (non-hydrogen) atoms. The standard InChI is InChI=1S/C12H17N3/c1-2-12(11-4-3-5-14-10-11)15-8-6-13-7-9-15/h2-5,10,12-13H,1,6-9H2/t12-/m0/s1. The van der Waals surface area contributed by atoms with Crippen LogP contribution in [0.3, 0.4) is 0 Å². The first kappa shape index (κ1) is 10.3. The highest BCUT2D eigenvalue weighted by Crippen LogP contribution is 2.20. The maximum Gasteiger partial charge on any atom is 0.0545 e. The van der Waals surface area contributed by atoms with Crippen molar-refractivity contribution in [2.75, 3.05) is 26.2 Å². The summed E-state index contributed by atoms with van der Waals surface area (Å²) in [6.07, 6.45) is 5.73. The van der Waals surface area contributed by atoms with Gasteiger partial charge in [-0.25, -0.2) is 0 Å². The summed E-state index contributed by atoms with van der Waals surface area (Å²) in [6.45, 7) is 8.19. The summed E-state index contributed by atoms with van der Waals surface area (Å²) in [6, 6.07) is 4.40. The summed E-state index contributed by atoms with van der Waals surface area (Å²) in [5.41, 5.74) is 1.23. The van der Waals surface area contributed by atoms with Gasteiger partial charge in [0.2, 0.25) is 0 Å². The quantitative estimate of drug-likeness (QED) is 0.749.